The molecule has 1 aromatic heterocycles. The molecule has 62 valence electrons. The highest BCUT2D eigenvalue weighted by Crippen LogP contribution is 2.01. The Labute approximate surface area is 65.7 Å². The Kier molecular flexibility index (Phi) is 2.48. The highest BCUT2D eigenvalue weighted by atomic mass is 16.3. The molecule has 0 bridgehead atoms. The van der Waals surface area contributed by atoms with Gasteiger partial charge in [-0.1, -0.05) is 0 Å². The average molecular weight is 155 g/mol. The molecule has 0 aliphatic carbocycles. The lowest BCUT2D eigenvalue weighted by atomic mass is 10.3. The van der Waals surface area contributed by atoms with Gasteiger partial charge < -0.3 is 15.4 Å². The van der Waals surface area contributed by atoms with Crippen molar-refractivity contribution in [3.05, 3.63) is 12.4 Å². The maximum Gasteiger partial charge on any atom is 0.200 e. The van der Waals surface area contributed by atoms with Crippen molar-refractivity contribution in [3.63, 3.8) is 0 Å². The Balaban J connectivity index is 2.44. The second-order valence-electron chi connectivity index (χ2n) is 2.62. The van der Waals surface area contributed by atoms with Crippen molar-refractivity contribution in [3.8, 4) is 0 Å². The molecule has 4 heteroatoms. The predicted molar refractivity (Wildman–Crippen MR) is 42.9 cm³/mol. The Bertz CT molecular complexity index is 219. The van der Waals surface area contributed by atoms with Crippen LogP contribution in [0.2, 0.25) is 0 Å². The summed E-state index contributed by atoms with van der Waals surface area (Å²) in [4.78, 5) is 3.85. The molecular formula is C7H13N3O. The first-order chi connectivity index (χ1) is 5.20. The molecular weight excluding hydrogens is 142 g/mol. The maximum absolute atomic E-state index is 8.97. The van der Waals surface area contributed by atoms with Crippen LogP contribution in [0, 0.1) is 0 Å². The van der Waals surface area contributed by atoms with Gasteiger partial charge in [0, 0.05) is 18.9 Å². The molecule has 0 amide bonds. The zero-order valence-electron chi connectivity index (χ0n) is 6.57. The number of rotatable bonds is 3. The fourth-order valence-corrected chi connectivity index (χ4v) is 0.856. The number of aryl methyl sites for hydroxylation is 1. The number of imidazole rings is 1. The molecule has 11 heavy (non-hydrogen) atoms. The summed E-state index contributed by atoms with van der Waals surface area (Å²) in [6.45, 7) is 2.48. The van der Waals surface area contributed by atoms with Crippen LogP contribution in [0.4, 0.5) is 5.95 Å². The van der Waals surface area contributed by atoms with Gasteiger partial charge >= 0.3 is 0 Å². The van der Waals surface area contributed by atoms with Gasteiger partial charge in [-0.3, -0.25) is 0 Å². The van der Waals surface area contributed by atoms with E-state index in [1.165, 1.54) is 0 Å². The summed E-state index contributed by atoms with van der Waals surface area (Å²) in [5.74, 6) is 0.505. The lowest BCUT2D eigenvalue weighted by Crippen LogP contribution is -2.08. The predicted octanol–water partition coefficient (Wildman–Crippen LogP) is 0.236. The van der Waals surface area contributed by atoms with E-state index in [4.69, 9.17) is 10.8 Å². The van der Waals surface area contributed by atoms with Crippen molar-refractivity contribution in [1.82, 2.24) is 9.55 Å². The average Bonchev–Trinajstić information content (AvgIpc) is 2.31. The topological polar surface area (TPSA) is 64.1 Å². The lowest BCUT2D eigenvalue weighted by molar-refractivity contribution is 0.178. The summed E-state index contributed by atoms with van der Waals surface area (Å²) in [5, 5.41) is 8.97. The van der Waals surface area contributed by atoms with Gasteiger partial charge in [0.25, 0.3) is 0 Å². The first-order valence-corrected chi connectivity index (χ1v) is 3.65. The Morgan fingerprint density at radius 2 is 2.55 bits per heavy atom. The number of nitrogens with zero attached hydrogens (tertiary/aromatic N) is 2. The summed E-state index contributed by atoms with van der Waals surface area (Å²) in [7, 11) is 0. The molecule has 0 aromatic carbocycles. The van der Waals surface area contributed by atoms with E-state index >= 15 is 0 Å². The number of aromatic nitrogens is 2. The van der Waals surface area contributed by atoms with Crippen LogP contribution in [0.3, 0.4) is 0 Å². The standard InChI is InChI=1S/C7H13N3O/c1-6(11)2-4-10-5-3-9-7(10)8/h3,5-6,11H,2,4H2,1H3,(H2,8,9). The van der Waals surface area contributed by atoms with Crippen LogP contribution in [0.25, 0.3) is 0 Å². The number of hydrogen-bond acceptors (Lipinski definition) is 3. The van der Waals surface area contributed by atoms with Crippen molar-refractivity contribution in [1.29, 1.82) is 0 Å². The molecule has 1 rings (SSSR count). The highest BCUT2D eigenvalue weighted by molar-refractivity contribution is 5.16. The number of nitrogen functional groups attached to an aromatic ring is 1. The third kappa shape index (κ3) is 2.23. The minimum Gasteiger partial charge on any atom is -0.393 e. The summed E-state index contributed by atoms with van der Waals surface area (Å²) in [6, 6.07) is 0. The van der Waals surface area contributed by atoms with Gasteiger partial charge in [0.1, 0.15) is 0 Å². The number of aliphatic hydroxyl groups excluding tert-OH is 1. The highest BCUT2D eigenvalue weighted by Gasteiger charge is 1.99. The third-order valence-corrected chi connectivity index (χ3v) is 1.54. The second kappa shape index (κ2) is 3.39. The number of anilines is 1. The minimum absolute atomic E-state index is 0.281. The molecule has 0 radical (unpaired) electrons. The van der Waals surface area contributed by atoms with Crippen LogP contribution < -0.4 is 5.73 Å². The smallest absolute Gasteiger partial charge is 0.200 e. The van der Waals surface area contributed by atoms with E-state index in [1.54, 1.807) is 19.3 Å². The Morgan fingerprint density at radius 1 is 1.82 bits per heavy atom. The quantitative estimate of drug-likeness (QED) is 0.657. The van der Waals surface area contributed by atoms with E-state index < -0.39 is 0 Å². The molecule has 0 aliphatic heterocycles. The molecule has 0 spiro atoms. The van der Waals surface area contributed by atoms with Gasteiger partial charge in [-0.05, 0) is 13.3 Å². The van der Waals surface area contributed by atoms with Crippen LogP contribution >= 0.6 is 0 Å². The van der Waals surface area contributed by atoms with E-state index in [0.29, 0.717) is 12.4 Å². The third-order valence-electron chi connectivity index (χ3n) is 1.54. The molecule has 3 N–H and O–H groups in total. The summed E-state index contributed by atoms with van der Waals surface area (Å²) in [5.41, 5.74) is 5.50. The SMILES string of the molecule is CC(O)CCn1ccnc1N. The number of hydrogen-bond donors (Lipinski definition) is 2. The summed E-state index contributed by atoms with van der Waals surface area (Å²) >= 11 is 0. The molecule has 4 nitrogen and oxygen atoms in total. The monoisotopic (exact) mass is 155 g/mol. The van der Waals surface area contributed by atoms with Gasteiger partial charge in [-0.25, -0.2) is 4.98 Å². The largest absolute Gasteiger partial charge is 0.393 e. The van der Waals surface area contributed by atoms with Gasteiger partial charge in [-0.15, -0.1) is 0 Å². The van der Waals surface area contributed by atoms with Crippen LogP contribution in [0.15, 0.2) is 12.4 Å². The Hall–Kier alpha value is -1.03. The van der Waals surface area contributed by atoms with Crippen molar-refractivity contribution in [2.75, 3.05) is 5.73 Å². The van der Waals surface area contributed by atoms with Crippen molar-refractivity contribution in [2.24, 2.45) is 0 Å². The Morgan fingerprint density at radius 3 is 3.00 bits per heavy atom. The van der Waals surface area contributed by atoms with E-state index in [9.17, 15) is 0 Å². The first-order valence-electron chi connectivity index (χ1n) is 3.65. The zero-order chi connectivity index (χ0) is 8.27. The fraction of sp³-hybridized carbons (Fsp3) is 0.571. The van der Waals surface area contributed by atoms with Crippen LogP contribution in [-0.2, 0) is 6.54 Å². The molecule has 1 aromatic rings. The van der Waals surface area contributed by atoms with E-state index in [0.717, 1.165) is 6.54 Å². The lowest BCUT2D eigenvalue weighted by Gasteiger charge is -2.05. The molecule has 0 saturated carbocycles. The number of aliphatic hydroxyl groups is 1. The van der Waals surface area contributed by atoms with Gasteiger partial charge in [0.15, 0.2) is 5.95 Å². The number of nitrogens with two attached hydrogens (primary N) is 1. The van der Waals surface area contributed by atoms with Crippen LogP contribution in [0.5, 0.6) is 0 Å². The van der Waals surface area contributed by atoms with Crippen molar-refractivity contribution >= 4 is 5.95 Å². The molecule has 1 atom stereocenters. The maximum atomic E-state index is 8.97. The normalized spacial score (nSPS) is 13.3. The molecule has 0 fully saturated rings. The van der Waals surface area contributed by atoms with Gasteiger partial charge in [-0.2, -0.15) is 0 Å². The fourth-order valence-electron chi connectivity index (χ4n) is 0.856. The zero-order valence-corrected chi connectivity index (χ0v) is 6.57. The second-order valence-corrected chi connectivity index (χ2v) is 2.62. The van der Waals surface area contributed by atoms with Gasteiger partial charge in [0.05, 0.1) is 6.10 Å². The summed E-state index contributed by atoms with van der Waals surface area (Å²) < 4.78 is 1.81. The first kappa shape index (κ1) is 8.07. The molecule has 0 saturated heterocycles. The molecule has 1 unspecified atom stereocenters. The van der Waals surface area contributed by atoms with E-state index in [1.807, 2.05) is 4.57 Å². The van der Waals surface area contributed by atoms with Crippen LogP contribution in [0.1, 0.15) is 13.3 Å². The van der Waals surface area contributed by atoms with E-state index in [2.05, 4.69) is 4.98 Å². The summed E-state index contributed by atoms with van der Waals surface area (Å²) in [6.07, 6.45) is 3.88. The molecule has 0 aliphatic rings. The van der Waals surface area contributed by atoms with Crippen molar-refractivity contribution in [2.45, 2.75) is 26.0 Å². The van der Waals surface area contributed by atoms with E-state index in [-0.39, 0.29) is 6.10 Å². The minimum atomic E-state index is -0.281. The van der Waals surface area contributed by atoms with Gasteiger partial charge in [0.2, 0.25) is 0 Å². The van der Waals surface area contributed by atoms with Crippen LogP contribution in [-0.4, -0.2) is 20.8 Å². The molecule has 1 heterocycles. The van der Waals surface area contributed by atoms with Crippen molar-refractivity contribution < 1.29 is 5.11 Å².